The largest absolute Gasteiger partial charge is 0.366 e. The molecule has 2 N–H and O–H groups in total. The van der Waals surface area contributed by atoms with Gasteiger partial charge in [0.15, 0.2) is 0 Å². The van der Waals surface area contributed by atoms with E-state index in [9.17, 15) is 19.7 Å². The molecule has 2 rings (SSSR count). The van der Waals surface area contributed by atoms with Crippen LogP contribution in [0.1, 0.15) is 41.0 Å². The van der Waals surface area contributed by atoms with Crippen molar-refractivity contribution in [3.05, 3.63) is 63.7 Å². The molecular formula is C20H23N3O4S. The number of nitro groups is 1. The van der Waals surface area contributed by atoms with Crippen molar-refractivity contribution < 1.29 is 14.5 Å². The first-order valence-corrected chi connectivity index (χ1v) is 9.78. The van der Waals surface area contributed by atoms with Crippen molar-refractivity contribution in [2.24, 2.45) is 11.7 Å². The summed E-state index contributed by atoms with van der Waals surface area (Å²) < 4.78 is 0. The molecule has 0 saturated carbocycles. The van der Waals surface area contributed by atoms with Crippen LogP contribution in [-0.4, -0.2) is 29.5 Å². The molecular weight excluding hydrogens is 378 g/mol. The lowest BCUT2D eigenvalue weighted by Crippen LogP contribution is -2.26. The summed E-state index contributed by atoms with van der Waals surface area (Å²) in [7, 11) is 1.57. The van der Waals surface area contributed by atoms with E-state index >= 15 is 0 Å². The molecule has 148 valence electrons. The maximum Gasteiger partial charge on any atom is 0.283 e. The summed E-state index contributed by atoms with van der Waals surface area (Å²) in [5.41, 5.74) is 6.25. The highest BCUT2D eigenvalue weighted by Gasteiger charge is 2.20. The van der Waals surface area contributed by atoms with Gasteiger partial charge in [0.2, 0.25) is 5.91 Å². The number of nitrogens with two attached hydrogens (primary N) is 1. The molecule has 0 bridgehead atoms. The zero-order chi connectivity index (χ0) is 20.8. The van der Waals surface area contributed by atoms with E-state index < -0.39 is 10.8 Å². The number of carbonyl (C=O) groups is 2. The van der Waals surface area contributed by atoms with Crippen molar-refractivity contribution in [2.45, 2.75) is 25.2 Å². The highest BCUT2D eigenvalue weighted by Crippen LogP contribution is 2.31. The van der Waals surface area contributed by atoms with Gasteiger partial charge >= 0.3 is 0 Å². The SMILES string of the molecule is CC(C)CCSc1ccc(C(=O)N(C)c2ccc(C(N)=O)cc2)cc1[N+](=O)[O-]. The molecule has 0 radical (unpaired) electrons. The molecule has 0 saturated heterocycles. The number of anilines is 1. The maximum atomic E-state index is 12.8. The van der Waals surface area contributed by atoms with Crippen LogP contribution in [0.4, 0.5) is 11.4 Å². The standard InChI is InChI=1S/C20H23N3O4S/c1-13(2)10-11-28-18-9-6-15(12-17(18)23(26)27)20(25)22(3)16-7-4-14(5-8-16)19(21)24/h4-9,12-13H,10-11H2,1-3H3,(H2,21,24). The number of hydrogen-bond acceptors (Lipinski definition) is 5. The summed E-state index contributed by atoms with van der Waals surface area (Å²) >= 11 is 1.42. The first-order valence-electron chi connectivity index (χ1n) is 8.80. The Balaban J connectivity index is 2.23. The summed E-state index contributed by atoms with van der Waals surface area (Å²) in [6.45, 7) is 4.20. The highest BCUT2D eigenvalue weighted by atomic mass is 32.2. The van der Waals surface area contributed by atoms with Gasteiger partial charge in [0.05, 0.1) is 9.82 Å². The van der Waals surface area contributed by atoms with Gasteiger partial charge in [0.1, 0.15) is 0 Å². The lowest BCUT2D eigenvalue weighted by Gasteiger charge is -2.18. The first kappa shape index (κ1) is 21.4. The predicted molar refractivity (Wildman–Crippen MR) is 111 cm³/mol. The van der Waals surface area contributed by atoms with Crippen LogP contribution < -0.4 is 10.6 Å². The molecule has 28 heavy (non-hydrogen) atoms. The quantitative estimate of drug-likeness (QED) is 0.407. The molecule has 0 aliphatic rings. The van der Waals surface area contributed by atoms with Crippen molar-refractivity contribution in [3.8, 4) is 0 Å². The van der Waals surface area contributed by atoms with Crippen LogP contribution in [0.3, 0.4) is 0 Å². The average molecular weight is 401 g/mol. The van der Waals surface area contributed by atoms with Gasteiger partial charge in [-0.2, -0.15) is 0 Å². The zero-order valence-corrected chi connectivity index (χ0v) is 16.9. The second-order valence-electron chi connectivity index (χ2n) is 6.75. The minimum atomic E-state index is -0.554. The number of amides is 2. The van der Waals surface area contributed by atoms with Crippen molar-refractivity contribution in [1.29, 1.82) is 0 Å². The Hall–Kier alpha value is -2.87. The fourth-order valence-corrected chi connectivity index (χ4v) is 3.73. The summed E-state index contributed by atoms with van der Waals surface area (Å²) in [6, 6.07) is 10.8. The number of benzene rings is 2. The second kappa shape index (κ2) is 9.36. The first-order chi connectivity index (χ1) is 13.2. The summed E-state index contributed by atoms with van der Waals surface area (Å²) in [5, 5.41) is 11.5. The van der Waals surface area contributed by atoms with Gasteiger partial charge in [0.25, 0.3) is 11.6 Å². The van der Waals surface area contributed by atoms with E-state index in [-0.39, 0.29) is 17.2 Å². The third kappa shape index (κ3) is 5.32. The maximum absolute atomic E-state index is 12.8. The zero-order valence-electron chi connectivity index (χ0n) is 16.0. The van der Waals surface area contributed by atoms with E-state index in [0.29, 0.717) is 22.1 Å². The normalized spacial score (nSPS) is 10.7. The van der Waals surface area contributed by atoms with E-state index in [2.05, 4.69) is 13.8 Å². The number of rotatable bonds is 8. The minimum absolute atomic E-state index is 0.0721. The van der Waals surface area contributed by atoms with Gasteiger partial charge in [-0.05, 0) is 54.5 Å². The monoisotopic (exact) mass is 401 g/mol. The third-order valence-corrected chi connectivity index (χ3v) is 5.30. The van der Waals surface area contributed by atoms with Crippen LogP contribution in [0.15, 0.2) is 47.4 Å². The van der Waals surface area contributed by atoms with Gasteiger partial charge in [-0.3, -0.25) is 19.7 Å². The molecule has 2 amide bonds. The smallest absolute Gasteiger partial charge is 0.283 e. The number of hydrogen-bond donors (Lipinski definition) is 1. The van der Waals surface area contributed by atoms with Crippen LogP contribution >= 0.6 is 11.8 Å². The topological polar surface area (TPSA) is 107 Å². The molecule has 0 spiro atoms. The third-order valence-electron chi connectivity index (χ3n) is 4.20. The van der Waals surface area contributed by atoms with E-state index in [0.717, 1.165) is 12.2 Å². The molecule has 0 unspecified atom stereocenters. The molecule has 0 heterocycles. The van der Waals surface area contributed by atoms with Crippen molar-refractivity contribution in [1.82, 2.24) is 0 Å². The van der Waals surface area contributed by atoms with E-state index in [1.54, 1.807) is 31.3 Å². The Morgan fingerprint density at radius 2 is 1.75 bits per heavy atom. The Labute approximate surface area is 168 Å². The number of nitro benzene ring substituents is 1. The Morgan fingerprint density at radius 1 is 1.14 bits per heavy atom. The molecule has 8 heteroatoms. The van der Waals surface area contributed by atoms with Crippen LogP contribution in [0, 0.1) is 16.0 Å². The predicted octanol–water partition coefficient (Wildman–Crippen LogP) is 4.11. The molecule has 2 aromatic carbocycles. The Bertz CT molecular complexity index is 882. The van der Waals surface area contributed by atoms with Gasteiger partial charge in [-0.25, -0.2) is 0 Å². The fourth-order valence-electron chi connectivity index (χ4n) is 2.48. The number of primary amides is 1. The van der Waals surface area contributed by atoms with Crippen molar-refractivity contribution in [3.63, 3.8) is 0 Å². The summed E-state index contributed by atoms with van der Waals surface area (Å²) in [4.78, 5) is 36.8. The average Bonchev–Trinajstić information content (AvgIpc) is 2.66. The summed E-state index contributed by atoms with van der Waals surface area (Å²) in [5.74, 6) is 0.357. The number of thioether (sulfide) groups is 1. The van der Waals surface area contributed by atoms with Crippen LogP contribution in [0.25, 0.3) is 0 Å². The van der Waals surface area contributed by atoms with Crippen LogP contribution in [0.5, 0.6) is 0 Å². The van der Waals surface area contributed by atoms with E-state index in [4.69, 9.17) is 5.73 Å². The lowest BCUT2D eigenvalue weighted by atomic mass is 10.1. The molecule has 7 nitrogen and oxygen atoms in total. The summed E-state index contributed by atoms with van der Waals surface area (Å²) in [6.07, 6.45) is 0.951. The van der Waals surface area contributed by atoms with Crippen LogP contribution in [-0.2, 0) is 0 Å². The molecule has 0 fully saturated rings. The fraction of sp³-hybridized carbons (Fsp3) is 0.300. The highest BCUT2D eigenvalue weighted by molar-refractivity contribution is 7.99. The molecule has 2 aromatic rings. The Kier molecular flexibility index (Phi) is 7.17. The van der Waals surface area contributed by atoms with Crippen LogP contribution in [0.2, 0.25) is 0 Å². The van der Waals surface area contributed by atoms with Gasteiger partial charge < -0.3 is 10.6 Å². The Morgan fingerprint density at radius 3 is 2.29 bits per heavy atom. The van der Waals surface area contributed by atoms with Crippen molar-refractivity contribution >= 4 is 35.0 Å². The number of carbonyl (C=O) groups excluding carboxylic acids is 2. The molecule has 0 aliphatic heterocycles. The van der Waals surface area contributed by atoms with Crippen molar-refractivity contribution in [2.75, 3.05) is 17.7 Å². The molecule has 0 aliphatic carbocycles. The van der Waals surface area contributed by atoms with Gasteiger partial charge in [0, 0.05) is 29.9 Å². The van der Waals surface area contributed by atoms with Gasteiger partial charge in [-0.15, -0.1) is 11.8 Å². The lowest BCUT2D eigenvalue weighted by molar-refractivity contribution is -0.387. The minimum Gasteiger partial charge on any atom is -0.366 e. The molecule has 0 atom stereocenters. The van der Waals surface area contributed by atoms with E-state index in [1.165, 1.54) is 34.9 Å². The second-order valence-corrected chi connectivity index (χ2v) is 7.88. The van der Waals surface area contributed by atoms with Gasteiger partial charge in [-0.1, -0.05) is 13.8 Å². The number of nitrogens with zero attached hydrogens (tertiary/aromatic N) is 2. The molecule has 0 aromatic heterocycles. The van der Waals surface area contributed by atoms with E-state index in [1.807, 2.05) is 0 Å².